The van der Waals surface area contributed by atoms with Gasteiger partial charge in [0.25, 0.3) is 0 Å². The van der Waals surface area contributed by atoms with Gasteiger partial charge in [-0.15, -0.1) is 11.8 Å². The molecule has 0 amide bonds. The van der Waals surface area contributed by atoms with Gasteiger partial charge in [-0.05, 0) is 24.3 Å². The van der Waals surface area contributed by atoms with Gasteiger partial charge in [-0.1, -0.05) is 41.0 Å². The van der Waals surface area contributed by atoms with Gasteiger partial charge in [0, 0.05) is 10.6 Å². The molecular formula is C20H18ClN7O2S. The molecule has 0 atom stereocenters. The SMILES string of the molecule is COc1ccccc1Nc1nc(N)nc(CSCc2nc(-c3cccc(Cl)c3)no2)n1. The van der Waals surface area contributed by atoms with Crippen molar-refractivity contribution < 1.29 is 9.26 Å². The van der Waals surface area contributed by atoms with Crippen molar-refractivity contribution in [3.05, 3.63) is 65.3 Å². The number of nitrogens with zero attached hydrogens (tertiary/aromatic N) is 5. The van der Waals surface area contributed by atoms with Crippen LogP contribution in [-0.4, -0.2) is 32.2 Å². The van der Waals surface area contributed by atoms with Crippen LogP contribution in [0, 0.1) is 0 Å². The van der Waals surface area contributed by atoms with E-state index in [-0.39, 0.29) is 5.95 Å². The number of halogens is 1. The highest BCUT2D eigenvalue weighted by atomic mass is 35.5. The van der Waals surface area contributed by atoms with E-state index >= 15 is 0 Å². The van der Waals surface area contributed by atoms with E-state index in [4.69, 9.17) is 26.6 Å². The normalized spacial score (nSPS) is 10.8. The van der Waals surface area contributed by atoms with Gasteiger partial charge < -0.3 is 20.3 Å². The maximum absolute atomic E-state index is 6.01. The highest BCUT2D eigenvalue weighted by Crippen LogP contribution is 2.26. The largest absolute Gasteiger partial charge is 0.495 e. The number of nitrogens with one attached hydrogen (secondary N) is 1. The Morgan fingerprint density at radius 1 is 1.06 bits per heavy atom. The molecule has 0 aliphatic carbocycles. The molecule has 0 aliphatic heterocycles. The van der Waals surface area contributed by atoms with Gasteiger partial charge in [0.15, 0.2) is 0 Å². The van der Waals surface area contributed by atoms with Crippen LogP contribution in [0.4, 0.5) is 17.6 Å². The van der Waals surface area contributed by atoms with E-state index in [2.05, 4.69) is 30.4 Å². The lowest BCUT2D eigenvalue weighted by molar-refractivity contribution is 0.391. The van der Waals surface area contributed by atoms with Crippen molar-refractivity contribution in [1.29, 1.82) is 0 Å². The number of para-hydroxylation sites is 2. The van der Waals surface area contributed by atoms with E-state index in [0.717, 1.165) is 11.3 Å². The van der Waals surface area contributed by atoms with Crippen LogP contribution in [0.3, 0.4) is 0 Å². The molecule has 2 aromatic carbocycles. The number of hydrogen-bond donors (Lipinski definition) is 2. The topological polar surface area (TPSA) is 125 Å². The zero-order valence-corrected chi connectivity index (χ0v) is 18.0. The van der Waals surface area contributed by atoms with Crippen LogP contribution in [0.25, 0.3) is 11.4 Å². The molecule has 0 unspecified atom stereocenters. The van der Waals surface area contributed by atoms with Crippen molar-refractivity contribution in [1.82, 2.24) is 25.1 Å². The highest BCUT2D eigenvalue weighted by Gasteiger charge is 2.11. The Hall–Kier alpha value is -3.37. The first-order valence-electron chi connectivity index (χ1n) is 9.17. The Labute approximate surface area is 187 Å². The average Bonchev–Trinajstić information content (AvgIpc) is 3.23. The first-order chi connectivity index (χ1) is 15.1. The molecule has 158 valence electrons. The number of anilines is 3. The molecule has 3 N–H and O–H groups in total. The summed E-state index contributed by atoms with van der Waals surface area (Å²) in [6.45, 7) is 0. The number of methoxy groups -OCH3 is 1. The second kappa shape index (κ2) is 9.63. The summed E-state index contributed by atoms with van der Waals surface area (Å²) < 4.78 is 10.7. The molecule has 2 aromatic heterocycles. The molecule has 0 saturated heterocycles. The van der Waals surface area contributed by atoms with Crippen molar-refractivity contribution in [3.8, 4) is 17.1 Å². The molecule has 0 aliphatic rings. The Bertz CT molecular complexity index is 1190. The summed E-state index contributed by atoms with van der Waals surface area (Å²) in [5.41, 5.74) is 7.38. The van der Waals surface area contributed by atoms with Crippen molar-refractivity contribution in [2.45, 2.75) is 11.5 Å². The first kappa shape index (κ1) is 20.9. The Morgan fingerprint density at radius 3 is 2.77 bits per heavy atom. The number of nitrogen functional groups attached to an aromatic ring is 1. The number of ether oxygens (including phenoxy) is 1. The van der Waals surface area contributed by atoms with Crippen molar-refractivity contribution in [3.63, 3.8) is 0 Å². The van der Waals surface area contributed by atoms with E-state index < -0.39 is 0 Å². The minimum atomic E-state index is 0.129. The van der Waals surface area contributed by atoms with Crippen molar-refractivity contribution >= 4 is 40.9 Å². The fraction of sp³-hybridized carbons (Fsp3) is 0.150. The number of thioether (sulfide) groups is 1. The average molecular weight is 456 g/mol. The van der Waals surface area contributed by atoms with E-state index in [1.54, 1.807) is 19.2 Å². The predicted molar refractivity (Wildman–Crippen MR) is 120 cm³/mol. The maximum atomic E-state index is 6.01. The Balaban J connectivity index is 1.39. The fourth-order valence-corrected chi connectivity index (χ4v) is 3.61. The second-order valence-corrected chi connectivity index (χ2v) is 7.70. The van der Waals surface area contributed by atoms with Gasteiger partial charge in [0.2, 0.25) is 23.6 Å². The third kappa shape index (κ3) is 5.41. The molecule has 4 rings (SSSR count). The maximum Gasteiger partial charge on any atom is 0.236 e. The summed E-state index contributed by atoms with van der Waals surface area (Å²) in [5.74, 6) is 3.64. The number of aromatic nitrogens is 5. The van der Waals surface area contributed by atoms with E-state index in [0.29, 0.717) is 45.8 Å². The minimum Gasteiger partial charge on any atom is -0.495 e. The molecule has 2 heterocycles. The third-order valence-electron chi connectivity index (χ3n) is 4.06. The second-order valence-electron chi connectivity index (χ2n) is 6.27. The lowest BCUT2D eigenvalue weighted by Crippen LogP contribution is -2.07. The minimum absolute atomic E-state index is 0.129. The van der Waals surface area contributed by atoms with Gasteiger partial charge in [-0.25, -0.2) is 0 Å². The zero-order chi connectivity index (χ0) is 21.6. The van der Waals surface area contributed by atoms with Gasteiger partial charge >= 0.3 is 0 Å². The standard InChI is InChI=1S/C20H18ClN7O2S/c1-29-15-8-3-2-7-14(15)23-20-25-16(24-19(22)27-20)10-31-11-17-26-18(28-30-17)12-5-4-6-13(21)9-12/h2-9H,10-11H2,1H3,(H3,22,23,24,25,27). The van der Waals surface area contributed by atoms with Crippen LogP contribution >= 0.6 is 23.4 Å². The summed E-state index contributed by atoms with van der Waals surface area (Å²) >= 11 is 7.53. The van der Waals surface area contributed by atoms with Crippen molar-refractivity contribution in [2.75, 3.05) is 18.2 Å². The molecule has 0 spiro atoms. The van der Waals surface area contributed by atoms with Crippen LogP contribution in [0.5, 0.6) is 5.75 Å². The van der Waals surface area contributed by atoms with Crippen LogP contribution in [0.15, 0.2) is 53.1 Å². The summed E-state index contributed by atoms with van der Waals surface area (Å²) in [4.78, 5) is 17.2. The van der Waals surface area contributed by atoms with E-state index in [9.17, 15) is 0 Å². The van der Waals surface area contributed by atoms with Crippen LogP contribution in [-0.2, 0) is 11.5 Å². The molecule has 4 aromatic rings. The summed E-state index contributed by atoms with van der Waals surface area (Å²) in [5, 5.41) is 7.73. The molecular weight excluding hydrogens is 438 g/mol. The molecule has 31 heavy (non-hydrogen) atoms. The van der Waals surface area contributed by atoms with Crippen LogP contribution in [0.2, 0.25) is 5.02 Å². The fourth-order valence-electron chi connectivity index (χ4n) is 2.71. The van der Waals surface area contributed by atoms with Crippen LogP contribution in [0.1, 0.15) is 11.7 Å². The van der Waals surface area contributed by atoms with Gasteiger partial charge in [0.1, 0.15) is 11.6 Å². The molecule has 0 radical (unpaired) electrons. The smallest absolute Gasteiger partial charge is 0.236 e. The number of hydrogen-bond acceptors (Lipinski definition) is 10. The lowest BCUT2D eigenvalue weighted by atomic mass is 10.2. The summed E-state index contributed by atoms with van der Waals surface area (Å²) in [7, 11) is 1.60. The summed E-state index contributed by atoms with van der Waals surface area (Å²) in [6.07, 6.45) is 0. The number of benzene rings is 2. The highest BCUT2D eigenvalue weighted by molar-refractivity contribution is 7.97. The van der Waals surface area contributed by atoms with Gasteiger partial charge in [-0.2, -0.15) is 19.9 Å². The van der Waals surface area contributed by atoms with Gasteiger partial charge in [-0.3, -0.25) is 0 Å². The van der Waals surface area contributed by atoms with E-state index in [1.165, 1.54) is 11.8 Å². The molecule has 9 nitrogen and oxygen atoms in total. The Kier molecular flexibility index (Phi) is 6.48. The molecule has 0 fully saturated rings. The van der Waals surface area contributed by atoms with Crippen molar-refractivity contribution in [2.24, 2.45) is 0 Å². The summed E-state index contributed by atoms with van der Waals surface area (Å²) in [6, 6.07) is 14.7. The van der Waals surface area contributed by atoms with Gasteiger partial charge in [0.05, 0.1) is 24.3 Å². The molecule has 0 saturated carbocycles. The molecule has 0 bridgehead atoms. The lowest BCUT2D eigenvalue weighted by Gasteiger charge is -2.10. The predicted octanol–water partition coefficient (Wildman–Crippen LogP) is 4.34. The molecule has 11 heteroatoms. The number of rotatable bonds is 8. The Morgan fingerprint density at radius 2 is 1.94 bits per heavy atom. The first-order valence-corrected chi connectivity index (χ1v) is 10.7. The quantitative estimate of drug-likeness (QED) is 0.396. The third-order valence-corrected chi connectivity index (χ3v) is 5.21. The van der Waals surface area contributed by atoms with E-state index in [1.807, 2.05) is 36.4 Å². The number of nitrogens with two attached hydrogens (primary N) is 1. The monoisotopic (exact) mass is 455 g/mol. The zero-order valence-electron chi connectivity index (χ0n) is 16.4. The van der Waals surface area contributed by atoms with Crippen LogP contribution < -0.4 is 15.8 Å².